The van der Waals surface area contributed by atoms with Crippen LogP contribution in [0.5, 0.6) is 17.2 Å². The van der Waals surface area contributed by atoms with Crippen LogP contribution in [-0.2, 0) is 22.7 Å². The molecule has 1 heterocycles. The van der Waals surface area contributed by atoms with Crippen LogP contribution in [0.25, 0.3) is 11.0 Å². The number of benzene rings is 2. The lowest BCUT2D eigenvalue weighted by atomic mass is 10.1. The topological polar surface area (TPSA) is 76.4 Å². The van der Waals surface area contributed by atoms with E-state index >= 15 is 0 Å². The molecule has 0 amide bonds. The Balaban J connectivity index is 1.85. The van der Waals surface area contributed by atoms with E-state index in [1.807, 2.05) is 18.2 Å². The summed E-state index contributed by atoms with van der Waals surface area (Å²) in [6.45, 7) is 0.255. The zero-order valence-electron chi connectivity index (χ0n) is 16.2. The average molecular weight is 386 g/mol. The number of carbonyl (C=O) groups excluding carboxylic acids is 1. The van der Waals surface area contributed by atoms with Crippen LogP contribution in [0.15, 0.2) is 40.8 Å². The lowest BCUT2D eigenvalue weighted by molar-refractivity contribution is 0.0432. The molecule has 0 aliphatic rings. The molecule has 0 unspecified atom stereocenters. The quantitative estimate of drug-likeness (QED) is 0.542. The van der Waals surface area contributed by atoms with Gasteiger partial charge in [0.15, 0.2) is 11.5 Å². The third-order valence-corrected chi connectivity index (χ3v) is 4.27. The van der Waals surface area contributed by atoms with Crippen molar-refractivity contribution >= 4 is 16.9 Å². The van der Waals surface area contributed by atoms with Gasteiger partial charge in [-0.25, -0.2) is 4.79 Å². The molecule has 0 saturated heterocycles. The van der Waals surface area contributed by atoms with E-state index in [0.29, 0.717) is 34.0 Å². The van der Waals surface area contributed by atoms with E-state index in [0.717, 1.165) is 5.39 Å². The van der Waals surface area contributed by atoms with Crippen molar-refractivity contribution in [1.82, 2.24) is 0 Å². The smallest absolute Gasteiger partial charge is 0.374 e. The summed E-state index contributed by atoms with van der Waals surface area (Å²) in [6.07, 6.45) is 0. The maximum Gasteiger partial charge on any atom is 0.374 e. The Hall–Kier alpha value is -3.19. The van der Waals surface area contributed by atoms with Crippen LogP contribution >= 0.6 is 0 Å². The highest BCUT2D eigenvalue weighted by Crippen LogP contribution is 2.38. The van der Waals surface area contributed by atoms with Gasteiger partial charge in [0.25, 0.3) is 0 Å². The van der Waals surface area contributed by atoms with Gasteiger partial charge in [-0.2, -0.15) is 0 Å². The fourth-order valence-electron chi connectivity index (χ4n) is 2.98. The number of fused-ring (bicyclic) bond motifs is 1. The molecule has 0 bridgehead atoms. The summed E-state index contributed by atoms with van der Waals surface area (Å²) in [5.74, 6) is 1.00. The second-order valence-corrected chi connectivity index (χ2v) is 5.95. The van der Waals surface area contributed by atoms with Gasteiger partial charge in [0.05, 0.1) is 27.9 Å². The number of para-hydroxylation sites is 1. The average Bonchev–Trinajstić information content (AvgIpc) is 3.10. The van der Waals surface area contributed by atoms with Crippen LogP contribution in [0.3, 0.4) is 0 Å². The van der Waals surface area contributed by atoms with Gasteiger partial charge in [-0.15, -0.1) is 0 Å². The lowest BCUT2D eigenvalue weighted by Crippen LogP contribution is -2.07. The van der Waals surface area contributed by atoms with E-state index in [1.165, 1.54) is 21.3 Å². The third kappa shape index (κ3) is 3.75. The molecule has 0 radical (unpaired) electrons. The third-order valence-electron chi connectivity index (χ3n) is 4.27. The van der Waals surface area contributed by atoms with Crippen molar-refractivity contribution < 1.29 is 32.9 Å². The Labute approximate surface area is 162 Å². The van der Waals surface area contributed by atoms with Gasteiger partial charge in [-0.05, 0) is 23.8 Å². The van der Waals surface area contributed by atoms with Crippen LogP contribution in [0, 0.1) is 0 Å². The van der Waals surface area contributed by atoms with Gasteiger partial charge >= 0.3 is 5.97 Å². The van der Waals surface area contributed by atoms with Crippen molar-refractivity contribution in [2.75, 3.05) is 28.4 Å². The first-order valence-electron chi connectivity index (χ1n) is 8.58. The number of rotatable bonds is 8. The molecule has 0 N–H and O–H groups in total. The number of ether oxygens (including phenoxy) is 5. The molecule has 2 aromatic carbocycles. The van der Waals surface area contributed by atoms with Gasteiger partial charge in [-0.3, -0.25) is 0 Å². The van der Waals surface area contributed by atoms with Crippen LogP contribution < -0.4 is 14.2 Å². The highest BCUT2D eigenvalue weighted by Gasteiger charge is 2.22. The molecule has 0 atom stereocenters. The fourth-order valence-corrected chi connectivity index (χ4v) is 2.98. The first-order chi connectivity index (χ1) is 13.6. The predicted octanol–water partition coefficient (Wildman–Crippen LogP) is 3.96. The van der Waals surface area contributed by atoms with Crippen LogP contribution in [0.1, 0.15) is 21.7 Å². The number of furan rings is 1. The Bertz CT molecular complexity index is 949. The summed E-state index contributed by atoms with van der Waals surface area (Å²) in [6, 6.07) is 10.8. The van der Waals surface area contributed by atoms with Gasteiger partial charge in [-0.1, -0.05) is 18.2 Å². The number of methoxy groups -OCH3 is 4. The molecule has 0 fully saturated rings. The number of esters is 1. The molecule has 7 heteroatoms. The zero-order chi connectivity index (χ0) is 20.1. The number of hydrogen-bond donors (Lipinski definition) is 0. The SMILES string of the molecule is COCc1c(C(=O)OCc2cc(OC)c(OC)c(OC)c2)oc2ccccc12. The van der Waals surface area contributed by atoms with E-state index in [-0.39, 0.29) is 19.0 Å². The van der Waals surface area contributed by atoms with Crippen molar-refractivity contribution in [3.8, 4) is 17.2 Å². The minimum Gasteiger partial charge on any atom is -0.493 e. The minimum atomic E-state index is -0.572. The summed E-state index contributed by atoms with van der Waals surface area (Å²) in [7, 11) is 6.14. The molecule has 28 heavy (non-hydrogen) atoms. The molecule has 1 aromatic heterocycles. The predicted molar refractivity (Wildman–Crippen MR) is 102 cm³/mol. The van der Waals surface area contributed by atoms with Crippen LogP contribution in [0.2, 0.25) is 0 Å². The minimum absolute atomic E-state index is 0.0129. The largest absolute Gasteiger partial charge is 0.493 e. The summed E-state index contributed by atoms with van der Waals surface area (Å²) < 4.78 is 32.3. The van der Waals surface area contributed by atoms with Crippen molar-refractivity contribution in [2.45, 2.75) is 13.2 Å². The summed E-state index contributed by atoms with van der Waals surface area (Å²) in [4.78, 5) is 12.7. The molecule has 0 spiro atoms. The Morgan fingerprint density at radius 1 is 0.929 bits per heavy atom. The highest BCUT2D eigenvalue weighted by atomic mass is 16.5. The summed E-state index contributed by atoms with van der Waals surface area (Å²) >= 11 is 0. The highest BCUT2D eigenvalue weighted by molar-refractivity contribution is 5.96. The maximum atomic E-state index is 12.7. The van der Waals surface area contributed by atoms with Crippen molar-refractivity contribution in [3.63, 3.8) is 0 Å². The van der Waals surface area contributed by atoms with Gasteiger partial charge < -0.3 is 28.1 Å². The van der Waals surface area contributed by atoms with Crippen LogP contribution in [0.4, 0.5) is 0 Å². The van der Waals surface area contributed by atoms with E-state index in [4.69, 9.17) is 28.1 Å². The Morgan fingerprint density at radius 2 is 1.61 bits per heavy atom. The molecule has 7 nitrogen and oxygen atoms in total. The molecule has 3 aromatic rings. The van der Waals surface area contributed by atoms with E-state index in [9.17, 15) is 4.79 Å². The van der Waals surface area contributed by atoms with Crippen molar-refractivity contribution in [2.24, 2.45) is 0 Å². The maximum absolute atomic E-state index is 12.7. The summed E-state index contributed by atoms with van der Waals surface area (Å²) in [5, 5.41) is 0.823. The molecular formula is C21H22O7. The Morgan fingerprint density at radius 3 is 2.21 bits per heavy atom. The standard InChI is InChI=1S/C21H22O7/c1-23-12-15-14-7-5-6-8-16(14)28-19(15)21(22)27-11-13-9-17(24-2)20(26-4)18(10-13)25-3/h5-10H,11-12H2,1-4H3. The summed E-state index contributed by atoms with van der Waals surface area (Å²) in [5.41, 5.74) is 1.95. The van der Waals surface area contributed by atoms with Crippen molar-refractivity contribution in [3.05, 3.63) is 53.3 Å². The molecule has 0 saturated carbocycles. The molecular weight excluding hydrogens is 364 g/mol. The van der Waals surface area contributed by atoms with Gasteiger partial charge in [0.2, 0.25) is 11.5 Å². The lowest BCUT2D eigenvalue weighted by Gasteiger charge is -2.14. The van der Waals surface area contributed by atoms with E-state index in [1.54, 1.807) is 25.3 Å². The zero-order valence-corrected chi connectivity index (χ0v) is 16.2. The molecule has 3 rings (SSSR count). The first kappa shape index (κ1) is 19.6. The van der Waals surface area contributed by atoms with Gasteiger partial charge in [0, 0.05) is 18.1 Å². The monoisotopic (exact) mass is 386 g/mol. The number of carbonyl (C=O) groups is 1. The first-order valence-corrected chi connectivity index (χ1v) is 8.58. The van der Waals surface area contributed by atoms with E-state index in [2.05, 4.69) is 0 Å². The normalized spacial score (nSPS) is 10.7. The van der Waals surface area contributed by atoms with E-state index < -0.39 is 5.97 Å². The molecule has 0 aliphatic heterocycles. The second kappa shape index (κ2) is 8.67. The van der Waals surface area contributed by atoms with Crippen molar-refractivity contribution in [1.29, 1.82) is 0 Å². The Kier molecular flexibility index (Phi) is 6.06. The fraction of sp³-hybridized carbons (Fsp3) is 0.286. The second-order valence-electron chi connectivity index (χ2n) is 5.95. The molecule has 0 aliphatic carbocycles. The van der Waals surface area contributed by atoms with Gasteiger partial charge in [0.1, 0.15) is 12.2 Å². The molecule has 148 valence electrons. The van der Waals surface area contributed by atoms with Crippen LogP contribution in [-0.4, -0.2) is 34.4 Å². The number of hydrogen-bond acceptors (Lipinski definition) is 7.